The Morgan fingerprint density at radius 3 is 2.79 bits per heavy atom. The Labute approximate surface area is 195 Å². The van der Waals surface area contributed by atoms with Crippen molar-refractivity contribution in [1.29, 1.82) is 0 Å². The van der Waals surface area contributed by atoms with E-state index < -0.39 is 11.7 Å². The summed E-state index contributed by atoms with van der Waals surface area (Å²) in [5.74, 6) is 0.943. The van der Waals surface area contributed by atoms with Gasteiger partial charge in [0.25, 0.3) is 0 Å². The Morgan fingerprint density at radius 2 is 2.03 bits per heavy atom. The summed E-state index contributed by atoms with van der Waals surface area (Å²) < 4.78 is 13.3. The maximum atomic E-state index is 12.1. The summed E-state index contributed by atoms with van der Waals surface area (Å²) in [5, 5.41) is 10.1. The van der Waals surface area contributed by atoms with Gasteiger partial charge in [-0.25, -0.2) is 9.48 Å². The van der Waals surface area contributed by atoms with Crippen LogP contribution in [0.25, 0.3) is 17.8 Å². The third-order valence-corrected chi connectivity index (χ3v) is 5.60. The number of carbonyl (C=O) groups excluding carboxylic acids is 1. The summed E-state index contributed by atoms with van der Waals surface area (Å²) >= 11 is 0. The van der Waals surface area contributed by atoms with Crippen LogP contribution >= 0.6 is 0 Å². The number of carbonyl (C=O) groups is 1. The van der Waals surface area contributed by atoms with Crippen LogP contribution in [0.2, 0.25) is 0 Å². The van der Waals surface area contributed by atoms with E-state index in [0.29, 0.717) is 19.7 Å². The van der Waals surface area contributed by atoms with E-state index in [1.165, 1.54) is 5.56 Å². The standard InChI is InChI=1S/C26H34N4O3/c1-19-11-13-20(14-12-19)30-23-10-8-6-5-7-9-22(23)24(28-30)29-15-16-32-21(18-29)17-27-25(31)33-26(2,3)4/h5,7,9-14,21H,6,8,15-18H2,1-4H3,(H,27,31). The topological polar surface area (TPSA) is 68.6 Å². The van der Waals surface area contributed by atoms with Gasteiger partial charge in [0.2, 0.25) is 0 Å². The van der Waals surface area contributed by atoms with Crippen molar-refractivity contribution in [2.75, 3.05) is 31.1 Å². The molecule has 1 saturated heterocycles. The van der Waals surface area contributed by atoms with E-state index in [9.17, 15) is 4.79 Å². The molecular formula is C26H34N4O3. The Kier molecular flexibility index (Phi) is 6.88. The Balaban J connectivity index is 1.59. The van der Waals surface area contributed by atoms with Crippen molar-refractivity contribution in [1.82, 2.24) is 15.1 Å². The lowest BCUT2D eigenvalue weighted by Gasteiger charge is -2.33. The molecule has 1 aliphatic carbocycles. The average Bonchev–Trinajstić information content (AvgIpc) is 3.09. The third kappa shape index (κ3) is 5.85. The number of benzene rings is 1. The molecule has 7 nitrogen and oxygen atoms in total. The molecule has 1 aromatic carbocycles. The van der Waals surface area contributed by atoms with Gasteiger partial charge in [-0.2, -0.15) is 0 Å². The molecule has 7 heteroatoms. The van der Waals surface area contributed by atoms with Gasteiger partial charge in [-0.3, -0.25) is 0 Å². The second kappa shape index (κ2) is 9.83. The fourth-order valence-corrected chi connectivity index (χ4v) is 4.03. The molecule has 1 fully saturated rings. The van der Waals surface area contributed by atoms with Gasteiger partial charge < -0.3 is 19.7 Å². The smallest absolute Gasteiger partial charge is 0.407 e. The molecule has 4 rings (SSSR count). The zero-order chi connectivity index (χ0) is 23.4. The maximum absolute atomic E-state index is 12.1. The highest BCUT2D eigenvalue weighted by atomic mass is 16.6. The SMILES string of the molecule is Cc1ccc(-n2nc(N3CCOC(CNC(=O)OC(C)(C)C)C3)c3c2=CCCC=CC=3)cc1. The summed E-state index contributed by atoms with van der Waals surface area (Å²) in [4.78, 5) is 14.3. The fourth-order valence-electron chi connectivity index (χ4n) is 4.03. The third-order valence-electron chi connectivity index (χ3n) is 5.60. The fraction of sp³-hybridized carbons (Fsp3) is 0.462. The minimum Gasteiger partial charge on any atom is -0.444 e. The van der Waals surface area contributed by atoms with Gasteiger partial charge in [0.1, 0.15) is 5.60 Å². The van der Waals surface area contributed by atoms with Crippen molar-refractivity contribution in [2.24, 2.45) is 0 Å². The highest BCUT2D eigenvalue weighted by molar-refractivity contribution is 5.67. The summed E-state index contributed by atoms with van der Waals surface area (Å²) in [6, 6.07) is 8.45. The number of ether oxygens (including phenoxy) is 2. The molecule has 1 N–H and O–H groups in total. The van der Waals surface area contributed by atoms with Crippen molar-refractivity contribution in [2.45, 2.75) is 52.2 Å². The summed E-state index contributed by atoms with van der Waals surface area (Å²) in [6.07, 6.45) is 10.2. The first-order valence-electron chi connectivity index (χ1n) is 11.7. The molecule has 0 bridgehead atoms. The Bertz CT molecular complexity index is 1130. The molecule has 1 aromatic heterocycles. The van der Waals surface area contributed by atoms with Crippen LogP contribution in [0.4, 0.5) is 10.6 Å². The number of amides is 1. The first-order chi connectivity index (χ1) is 15.8. The van der Waals surface area contributed by atoms with E-state index in [4.69, 9.17) is 14.6 Å². The number of rotatable bonds is 4. The summed E-state index contributed by atoms with van der Waals surface area (Å²) in [6.45, 7) is 10.0. The number of anilines is 1. The Hall–Kier alpha value is -3.06. The first kappa shape index (κ1) is 23.1. The van der Waals surface area contributed by atoms with Crippen LogP contribution in [-0.4, -0.2) is 53.8 Å². The van der Waals surface area contributed by atoms with E-state index >= 15 is 0 Å². The second-order valence-corrected chi connectivity index (χ2v) is 9.57. The molecule has 1 atom stereocenters. The van der Waals surface area contributed by atoms with Crippen molar-refractivity contribution < 1.29 is 14.3 Å². The van der Waals surface area contributed by atoms with Crippen LogP contribution < -0.4 is 20.8 Å². The number of nitrogens with zero attached hydrogens (tertiary/aromatic N) is 3. The molecule has 176 valence electrons. The van der Waals surface area contributed by atoms with E-state index in [0.717, 1.165) is 41.5 Å². The maximum Gasteiger partial charge on any atom is 0.407 e. The number of morpholine rings is 1. The number of alkyl carbamates (subject to hydrolysis) is 1. The second-order valence-electron chi connectivity index (χ2n) is 9.57. The van der Waals surface area contributed by atoms with E-state index in [-0.39, 0.29) is 6.10 Å². The molecule has 1 amide bonds. The molecule has 1 unspecified atom stereocenters. The highest BCUT2D eigenvalue weighted by Gasteiger charge is 2.25. The molecule has 2 aromatic rings. The van der Waals surface area contributed by atoms with Crippen LogP contribution in [0.5, 0.6) is 0 Å². The van der Waals surface area contributed by atoms with Crippen LogP contribution in [-0.2, 0) is 9.47 Å². The van der Waals surface area contributed by atoms with Crippen LogP contribution in [0.15, 0.2) is 36.4 Å². The summed E-state index contributed by atoms with van der Waals surface area (Å²) in [7, 11) is 0. The molecule has 1 aliphatic heterocycles. The number of allylic oxidation sites excluding steroid dienone is 2. The van der Waals surface area contributed by atoms with Gasteiger partial charge in [-0.1, -0.05) is 35.9 Å². The van der Waals surface area contributed by atoms with E-state index in [2.05, 4.69) is 65.7 Å². The molecule has 2 aliphatic rings. The lowest BCUT2D eigenvalue weighted by atomic mass is 10.2. The van der Waals surface area contributed by atoms with Crippen LogP contribution in [0.1, 0.15) is 39.2 Å². The van der Waals surface area contributed by atoms with Gasteiger partial charge in [0.05, 0.1) is 23.7 Å². The van der Waals surface area contributed by atoms with Crippen LogP contribution in [0, 0.1) is 6.92 Å². The molecular weight excluding hydrogens is 416 g/mol. The van der Waals surface area contributed by atoms with E-state index in [1.807, 2.05) is 25.5 Å². The molecule has 33 heavy (non-hydrogen) atoms. The van der Waals surface area contributed by atoms with Gasteiger partial charge in [0, 0.05) is 24.9 Å². The Morgan fingerprint density at radius 1 is 1.24 bits per heavy atom. The molecule has 2 heterocycles. The van der Waals surface area contributed by atoms with Gasteiger partial charge in [-0.05, 0) is 58.7 Å². The van der Waals surface area contributed by atoms with Crippen molar-refractivity contribution >= 4 is 24.1 Å². The number of hydrogen-bond donors (Lipinski definition) is 1. The van der Waals surface area contributed by atoms with Gasteiger partial charge in [-0.15, -0.1) is 5.10 Å². The molecule has 0 spiro atoms. The lowest BCUT2D eigenvalue weighted by Crippen LogP contribution is -2.49. The number of aromatic nitrogens is 2. The zero-order valence-electron chi connectivity index (χ0n) is 20.0. The van der Waals surface area contributed by atoms with E-state index in [1.54, 1.807) is 0 Å². The number of fused-ring (bicyclic) bond motifs is 1. The van der Waals surface area contributed by atoms with Crippen molar-refractivity contribution in [3.05, 3.63) is 52.5 Å². The van der Waals surface area contributed by atoms with Crippen LogP contribution in [0.3, 0.4) is 0 Å². The zero-order valence-corrected chi connectivity index (χ0v) is 20.0. The lowest BCUT2D eigenvalue weighted by molar-refractivity contribution is 0.0281. The van der Waals surface area contributed by atoms with Gasteiger partial charge in [0.15, 0.2) is 5.82 Å². The van der Waals surface area contributed by atoms with Crippen molar-refractivity contribution in [3.8, 4) is 5.69 Å². The quantitative estimate of drug-likeness (QED) is 0.776. The minimum atomic E-state index is -0.525. The normalized spacial score (nSPS) is 18.4. The average molecular weight is 451 g/mol. The summed E-state index contributed by atoms with van der Waals surface area (Å²) in [5.41, 5.74) is 1.75. The number of aryl methyl sites for hydroxylation is 1. The first-order valence-corrected chi connectivity index (χ1v) is 11.7. The number of nitrogens with one attached hydrogen (secondary N) is 1. The predicted molar refractivity (Wildman–Crippen MR) is 131 cm³/mol. The largest absolute Gasteiger partial charge is 0.444 e. The van der Waals surface area contributed by atoms with Crippen molar-refractivity contribution in [3.63, 3.8) is 0 Å². The molecule has 0 saturated carbocycles. The molecule has 0 radical (unpaired) electrons. The minimum absolute atomic E-state index is 0.139. The number of hydrogen-bond acceptors (Lipinski definition) is 5. The van der Waals surface area contributed by atoms with Gasteiger partial charge >= 0.3 is 6.09 Å². The highest BCUT2D eigenvalue weighted by Crippen LogP contribution is 2.14. The predicted octanol–water partition coefficient (Wildman–Crippen LogP) is 2.82. The monoisotopic (exact) mass is 450 g/mol.